The second-order valence-corrected chi connectivity index (χ2v) is 4.20. The fraction of sp³-hybridized carbons (Fsp3) is 0.462. The number of amides is 1. The predicted octanol–water partition coefficient (Wildman–Crippen LogP) is 1.63. The van der Waals surface area contributed by atoms with E-state index in [0.717, 1.165) is 5.56 Å². The zero-order valence-corrected chi connectivity index (χ0v) is 10.1. The first-order valence-electron chi connectivity index (χ1n) is 5.50. The van der Waals surface area contributed by atoms with Crippen LogP contribution < -0.4 is 0 Å². The van der Waals surface area contributed by atoms with Crippen LogP contribution in [-0.4, -0.2) is 35.6 Å². The van der Waals surface area contributed by atoms with Gasteiger partial charge in [0.2, 0.25) is 5.91 Å². The van der Waals surface area contributed by atoms with Gasteiger partial charge in [-0.15, -0.1) is 0 Å². The molecule has 0 heterocycles. The molecule has 0 saturated carbocycles. The van der Waals surface area contributed by atoms with Crippen LogP contribution >= 0.6 is 0 Å². The lowest BCUT2D eigenvalue weighted by molar-refractivity contribution is -0.132. The highest BCUT2D eigenvalue weighted by atomic mass is 16.3. The van der Waals surface area contributed by atoms with Crippen LogP contribution in [0.25, 0.3) is 0 Å². The summed E-state index contributed by atoms with van der Waals surface area (Å²) in [5.74, 6) is -0.128. The third-order valence-electron chi connectivity index (χ3n) is 2.58. The summed E-state index contributed by atoms with van der Waals surface area (Å²) in [6.45, 7) is 3.93. The van der Waals surface area contributed by atoms with Crippen molar-refractivity contribution in [1.29, 1.82) is 0 Å². The van der Waals surface area contributed by atoms with E-state index >= 15 is 0 Å². The minimum Gasteiger partial charge on any atom is -0.392 e. The molecule has 0 radical (unpaired) electrons. The fourth-order valence-corrected chi connectivity index (χ4v) is 1.70. The van der Waals surface area contributed by atoms with E-state index < -0.39 is 6.10 Å². The second kappa shape index (κ2) is 5.66. The van der Waals surface area contributed by atoms with Crippen molar-refractivity contribution in [2.75, 3.05) is 13.6 Å². The molecule has 3 nitrogen and oxygen atoms in total. The fourth-order valence-electron chi connectivity index (χ4n) is 1.70. The molecule has 0 saturated heterocycles. The van der Waals surface area contributed by atoms with Crippen LogP contribution in [0.15, 0.2) is 30.3 Å². The molecule has 2 atom stereocenters. The Morgan fingerprint density at radius 1 is 1.31 bits per heavy atom. The van der Waals surface area contributed by atoms with E-state index in [-0.39, 0.29) is 11.8 Å². The summed E-state index contributed by atoms with van der Waals surface area (Å²) in [5, 5.41) is 9.23. The summed E-state index contributed by atoms with van der Waals surface area (Å²) in [6, 6.07) is 9.67. The van der Waals surface area contributed by atoms with Crippen LogP contribution in [-0.2, 0) is 4.79 Å². The maximum absolute atomic E-state index is 12.0. The molecule has 1 rings (SSSR count). The Bertz CT molecular complexity index is 335. The van der Waals surface area contributed by atoms with E-state index in [1.165, 1.54) is 0 Å². The van der Waals surface area contributed by atoms with E-state index in [2.05, 4.69) is 0 Å². The number of benzene rings is 1. The van der Waals surface area contributed by atoms with Crippen molar-refractivity contribution in [3.8, 4) is 0 Å². The molecule has 0 spiro atoms. The third-order valence-corrected chi connectivity index (χ3v) is 2.58. The monoisotopic (exact) mass is 221 g/mol. The average Bonchev–Trinajstić information content (AvgIpc) is 2.27. The number of aliphatic hydroxyl groups excluding tert-OH is 1. The minimum absolute atomic E-state index is 0.0344. The Kier molecular flexibility index (Phi) is 4.50. The number of rotatable bonds is 4. The van der Waals surface area contributed by atoms with E-state index in [1.807, 2.05) is 37.3 Å². The first kappa shape index (κ1) is 12.7. The topological polar surface area (TPSA) is 40.5 Å². The van der Waals surface area contributed by atoms with Crippen LogP contribution in [0.1, 0.15) is 25.3 Å². The number of carbonyl (C=O) groups excluding carboxylic acids is 1. The van der Waals surface area contributed by atoms with Crippen molar-refractivity contribution >= 4 is 5.91 Å². The highest BCUT2D eigenvalue weighted by Crippen LogP contribution is 2.16. The van der Waals surface area contributed by atoms with Crippen molar-refractivity contribution < 1.29 is 9.90 Å². The number of likely N-dealkylation sites (N-methyl/N-ethyl adjacent to an activating group) is 1. The van der Waals surface area contributed by atoms with Gasteiger partial charge in [0.05, 0.1) is 12.0 Å². The summed E-state index contributed by atoms with van der Waals surface area (Å²) in [4.78, 5) is 13.6. The van der Waals surface area contributed by atoms with E-state index in [4.69, 9.17) is 0 Å². The van der Waals surface area contributed by atoms with Gasteiger partial charge in [0.15, 0.2) is 0 Å². The largest absolute Gasteiger partial charge is 0.392 e. The molecular weight excluding hydrogens is 202 g/mol. The molecule has 0 fully saturated rings. The van der Waals surface area contributed by atoms with Gasteiger partial charge in [0.25, 0.3) is 0 Å². The minimum atomic E-state index is -0.489. The summed E-state index contributed by atoms with van der Waals surface area (Å²) in [7, 11) is 1.72. The van der Waals surface area contributed by atoms with Crippen molar-refractivity contribution in [2.45, 2.75) is 25.9 Å². The van der Waals surface area contributed by atoms with Gasteiger partial charge in [-0.25, -0.2) is 0 Å². The van der Waals surface area contributed by atoms with Crippen LogP contribution in [0.3, 0.4) is 0 Å². The second-order valence-electron chi connectivity index (χ2n) is 4.20. The number of hydrogen-bond acceptors (Lipinski definition) is 2. The lowest BCUT2D eigenvalue weighted by atomic mass is 10.00. The average molecular weight is 221 g/mol. The molecule has 1 aromatic carbocycles. The quantitative estimate of drug-likeness (QED) is 0.839. The standard InChI is InChI=1S/C13H19NO2/c1-10(15)9-14(3)13(16)11(2)12-7-5-4-6-8-12/h4-8,10-11,15H,9H2,1-3H3. The molecule has 88 valence electrons. The van der Waals surface area contributed by atoms with Gasteiger partial charge in [-0.1, -0.05) is 30.3 Å². The third kappa shape index (κ3) is 3.35. The summed E-state index contributed by atoms with van der Waals surface area (Å²) in [6.07, 6.45) is -0.489. The highest BCUT2D eigenvalue weighted by Gasteiger charge is 2.19. The molecule has 0 aromatic heterocycles. The van der Waals surface area contributed by atoms with Crippen LogP contribution in [0.5, 0.6) is 0 Å². The maximum atomic E-state index is 12.0. The molecule has 1 amide bonds. The molecule has 0 aliphatic rings. The van der Waals surface area contributed by atoms with Gasteiger partial charge in [-0.2, -0.15) is 0 Å². The maximum Gasteiger partial charge on any atom is 0.229 e. The molecule has 0 aliphatic heterocycles. The Labute approximate surface area is 96.7 Å². The molecule has 0 bridgehead atoms. The van der Waals surface area contributed by atoms with Gasteiger partial charge in [-0.3, -0.25) is 4.79 Å². The Balaban J connectivity index is 2.67. The van der Waals surface area contributed by atoms with Crippen molar-refractivity contribution in [2.24, 2.45) is 0 Å². The number of aliphatic hydroxyl groups is 1. The van der Waals surface area contributed by atoms with Crippen molar-refractivity contribution in [1.82, 2.24) is 4.90 Å². The van der Waals surface area contributed by atoms with Crippen molar-refractivity contribution in [3.05, 3.63) is 35.9 Å². The van der Waals surface area contributed by atoms with Gasteiger partial charge in [0, 0.05) is 13.6 Å². The number of hydrogen-bond donors (Lipinski definition) is 1. The lowest BCUT2D eigenvalue weighted by Gasteiger charge is -2.22. The first-order chi connectivity index (χ1) is 7.52. The molecule has 1 N–H and O–H groups in total. The Morgan fingerprint density at radius 3 is 2.38 bits per heavy atom. The SMILES string of the molecule is CC(O)CN(C)C(=O)C(C)c1ccccc1. The molecular formula is C13H19NO2. The van der Waals surface area contributed by atoms with Crippen LogP contribution in [0.4, 0.5) is 0 Å². The summed E-state index contributed by atoms with van der Waals surface area (Å²) >= 11 is 0. The van der Waals surface area contributed by atoms with E-state index in [1.54, 1.807) is 18.9 Å². The zero-order chi connectivity index (χ0) is 12.1. The van der Waals surface area contributed by atoms with Gasteiger partial charge < -0.3 is 10.0 Å². The highest BCUT2D eigenvalue weighted by molar-refractivity contribution is 5.83. The predicted molar refractivity (Wildman–Crippen MR) is 64.2 cm³/mol. The van der Waals surface area contributed by atoms with Crippen molar-refractivity contribution in [3.63, 3.8) is 0 Å². The van der Waals surface area contributed by atoms with E-state index in [9.17, 15) is 9.90 Å². The van der Waals surface area contributed by atoms with Gasteiger partial charge >= 0.3 is 0 Å². The number of carbonyl (C=O) groups is 1. The normalized spacial score (nSPS) is 14.2. The smallest absolute Gasteiger partial charge is 0.229 e. The molecule has 1 aromatic rings. The molecule has 0 aliphatic carbocycles. The zero-order valence-electron chi connectivity index (χ0n) is 10.1. The number of nitrogens with zero attached hydrogens (tertiary/aromatic N) is 1. The lowest BCUT2D eigenvalue weighted by Crippen LogP contribution is -2.35. The molecule has 2 unspecified atom stereocenters. The van der Waals surface area contributed by atoms with E-state index in [0.29, 0.717) is 6.54 Å². The summed E-state index contributed by atoms with van der Waals surface area (Å²) < 4.78 is 0. The first-order valence-corrected chi connectivity index (χ1v) is 5.50. The molecule has 3 heteroatoms. The Hall–Kier alpha value is -1.35. The van der Waals surface area contributed by atoms with Crippen LogP contribution in [0.2, 0.25) is 0 Å². The molecule has 16 heavy (non-hydrogen) atoms. The Morgan fingerprint density at radius 2 is 1.88 bits per heavy atom. The van der Waals surface area contributed by atoms with Crippen LogP contribution in [0, 0.1) is 0 Å². The summed E-state index contributed by atoms with van der Waals surface area (Å²) in [5.41, 5.74) is 1.00. The van der Waals surface area contributed by atoms with Gasteiger partial charge in [-0.05, 0) is 19.4 Å². The van der Waals surface area contributed by atoms with Gasteiger partial charge in [0.1, 0.15) is 0 Å².